The molecule has 3 aromatic rings. The molecule has 0 aliphatic carbocycles. The maximum atomic E-state index is 13.8. The van der Waals surface area contributed by atoms with E-state index in [-0.39, 0.29) is 10.8 Å². The van der Waals surface area contributed by atoms with Gasteiger partial charge < -0.3 is 5.11 Å². The second kappa shape index (κ2) is 5.43. The van der Waals surface area contributed by atoms with Crippen molar-refractivity contribution in [3.63, 3.8) is 0 Å². The molecule has 0 amide bonds. The van der Waals surface area contributed by atoms with Crippen LogP contribution >= 0.6 is 11.6 Å². The van der Waals surface area contributed by atoms with Crippen LogP contribution in [-0.2, 0) is 0 Å². The third-order valence-corrected chi connectivity index (χ3v) is 3.78. The van der Waals surface area contributed by atoms with Crippen LogP contribution in [0.4, 0.5) is 8.78 Å². The molecule has 0 spiro atoms. The number of rotatable bonds is 2. The van der Waals surface area contributed by atoms with Crippen molar-refractivity contribution in [2.75, 3.05) is 0 Å². The Hall–Kier alpha value is -1.97. The summed E-state index contributed by atoms with van der Waals surface area (Å²) in [6.45, 7) is 0. The van der Waals surface area contributed by atoms with E-state index in [9.17, 15) is 13.9 Å². The minimum atomic E-state index is -1.05. The van der Waals surface area contributed by atoms with Crippen molar-refractivity contribution in [2.24, 2.45) is 0 Å². The van der Waals surface area contributed by atoms with Crippen LogP contribution in [0.25, 0.3) is 10.8 Å². The van der Waals surface area contributed by atoms with Gasteiger partial charge in [-0.2, -0.15) is 0 Å². The molecule has 1 unspecified atom stereocenters. The molecule has 0 heterocycles. The Kier molecular flexibility index (Phi) is 3.62. The van der Waals surface area contributed by atoms with Crippen molar-refractivity contribution < 1.29 is 13.9 Å². The Balaban J connectivity index is 2.18. The molecule has 0 fully saturated rings. The van der Waals surface area contributed by atoms with Gasteiger partial charge in [-0.05, 0) is 29.1 Å². The van der Waals surface area contributed by atoms with E-state index < -0.39 is 11.9 Å². The van der Waals surface area contributed by atoms with Gasteiger partial charge in [-0.1, -0.05) is 48.0 Å². The number of halogens is 3. The van der Waals surface area contributed by atoms with Crippen molar-refractivity contribution >= 4 is 22.4 Å². The first kappa shape index (κ1) is 14.0. The topological polar surface area (TPSA) is 20.2 Å². The summed E-state index contributed by atoms with van der Waals surface area (Å²) < 4.78 is 26.9. The number of fused-ring (bicyclic) bond motifs is 1. The van der Waals surface area contributed by atoms with Crippen molar-refractivity contribution in [3.8, 4) is 0 Å². The summed E-state index contributed by atoms with van der Waals surface area (Å²) in [5.74, 6) is -0.827. The molecular weight excluding hydrogens is 294 g/mol. The molecule has 0 aromatic heterocycles. The molecule has 0 saturated carbocycles. The monoisotopic (exact) mass is 304 g/mol. The lowest BCUT2D eigenvalue weighted by molar-refractivity contribution is 0.222. The zero-order chi connectivity index (χ0) is 15.0. The molecule has 0 bridgehead atoms. The molecular formula is C17H11ClF2O. The van der Waals surface area contributed by atoms with Crippen LogP contribution in [0.3, 0.4) is 0 Å². The number of aliphatic hydroxyl groups is 1. The predicted molar refractivity (Wildman–Crippen MR) is 79.4 cm³/mol. The minimum absolute atomic E-state index is 0.135. The summed E-state index contributed by atoms with van der Waals surface area (Å²) in [7, 11) is 0. The minimum Gasteiger partial charge on any atom is -0.384 e. The van der Waals surface area contributed by atoms with Gasteiger partial charge in [0.05, 0.1) is 0 Å². The number of benzene rings is 3. The maximum Gasteiger partial charge on any atom is 0.131 e. The molecule has 106 valence electrons. The van der Waals surface area contributed by atoms with Crippen LogP contribution in [0.2, 0.25) is 5.02 Å². The maximum absolute atomic E-state index is 13.8. The number of aliphatic hydroxyl groups excluding tert-OH is 1. The van der Waals surface area contributed by atoms with E-state index in [0.29, 0.717) is 21.9 Å². The lowest BCUT2D eigenvalue weighted by Crippen LogP contribution is -2.02. The summed E-state index contributed by atoms with van der Waals surface area (Å²) in [6.07, 6.45) is -1.05. The first-order chi connectivity index (χ1) is 10.1. The second-order valence-corrected chi connectivity index (χ2v) is 5.16. The van der Waals surface area contributed by atoms with Gasteiger partial charge >= 0.3 is 0 Å². The lowest BCUT2D eigenvalue weighted by atomic mass is 9.95. The van der Waals surface area contributed by atoms with Crippen LogP contribution in [0.15, 0.2) is 54.6 Å². The summed E-state index contributed by atoms with van der Waals surface area (Å²) in [5, 5.41) is 11.7. The average molecular weight is 305 g/mol. The zero-order valence-electron chi connectivity index (χ0n) is 10.9. The molecule has 0 aliphatic heterocycles. The molecule has 21 heavy (non-hydrogen) atoms. The van der Waals surface area contributed by atoms with Crippen molar-refractivity contribution in [3.05, 3.63) is 82.4 Å². The van der Waals surface area contributed by atoms with E-state index >= 15 is 0 Å². The van der Waals surface area contributed by atoms with Crippen LogP contribution in [-0.4, -0.2) is 5.11 Å². The van der Waals surface area contributed by atoms with Gasteiger partial charge in [0.1, 0.15) is 17.7 Å². The SMILES string of the molecule is OC(c1ccc(F)cc1Cl)c1ccc(F)c2ccccc12. The van der Waals surface area contributed by atoms with E-state index in [1.165, 1.54) is 24.3 Å². The quantitative estimate of drug-likeness (QED) is 0.717. The summed E-state index contributed by atoms with van der Waals surface area (Å²) >= 11 is 5.98. The van der Waals surface area contributed by atoms with Crippen LogP contribution in [0, 0.1) is 11.6 Å². The van der Waals surface area contributed by atoms with Gasteiger partial charge in [0.2, 0.25) is 0 Å². The largest absolute Gasteiger partial charge is 0.384 e. The summed E-state index contributed by atoms with van der Waals surface area (Å²) in [6, 6.07) is 13.5. The highest BCUT2D eigenvalue weighted by atomic mass is 35.5. The van der Waals surface area contributed by atoms with E-state index in [0.717, 1.165) is 6.07 Å². The van der Waals surface area contributed by atoms with E-state index in [2.05, 4.69) is 0 Å². The Morgan fingerprint density at radius 2 is 1.52 bits per heavy atom. The third-order valence-electron chi connectivity index (χ3n) is 3.46. The molecule has 1 atom stereocenters. The van der Waals surface area contributed by atoms with Crippen molar-refractivity contribution in [2.45, 2.75) is 6.10 Å². The van der Waals surface area contributed by atoms with E-state index in [1.807, 2.05) is 0 Å². The Bertz CT molecular complexity index is 817. The van der Waals surface area contributed by atoms with Crippen molar-refractivity contribution in [1.29, 1.82) is 0 Å². The third kappa shape index (κ3) is 2.50. The Morgan fingerprint density at radius 1 is 0.857 bits per heavy atom. The van der Waals surface area contributed by atoms with Gasteiger partial charge in [-0.15, -0.1) is 0 Å². The molecule has 0 saturated heterocycles. The molecule has 1 N–H and O–H groups in total. The molecule has 4 heteroatoms. The second-order valence-electron chi connectivity index (χ2n) is 4.75. The predicted octanol–water partition coefficient (Wildman–Crippen LogP) is 4.85. The molecule has 0 aliphatic rings. The zero-order valence-corrected chi connectivity index (χ0v) is 11.6. The van der Waals surface area contributed by atoms with Crippen LogP contribution in [0.1, 0.15) is 17.2 Å². The van der Waals surface area contributed by atoms with Crippen LogP contribution < -0.4 is 0 Å². The first-order valence-electron chi connectivity index (χ1n) is 6.38. The fourth-order valence-electron chi connectivity index (χ4n) is 2.41. The first-order valence-corrected chi connectivity index (χ1v) is 6.76. The normalized spacial score (nSPS) is 12.6. The standard InChI is InChI=1S/C17H11ClF2O/c18-15-9-10(19)5-6-14(15)17(21)13-7-8-16(20)12-4-2-1-3-11(12)13/h1-9,17,21H. The summed E-state index contributed by atoms with van der Waals surface area (Å²) in [4.78, 5) is 0. The summed E-state index contributed by atoms with van der Waals surface area (Å²) in [5.41, 5.74) is 0.912. The Morgan fingerprint density at radius 3 is 2.24 bits per heavy atom. The smallest absolute Gasteiger partial charge is 0.131 e. The average Bonchev–Trinajstić information content (AvgIpc) is 2.47. The number of hydrogen-bond donors (Lipinski definition) is 1. The number of hydrogen-bond acceptors (Lipinski definition) is 1. The van der Waals surface area contributed by atoms with Gasteiger partial charge in [-0.3, -0.25) is 0 Å². The molecule has 1 nitrogen and oxygen atoms in total. The lowest BCUT2D eigenvalue weighted by Gasteiger charge is -2.16. The fraction of sp³-hybridized carbons (Fsp3) is 0.0588. The molecule has 3 rings (SSSR count). The highest BCUT2D eigenvalue weighted by Gasteiger charge is 2.18. The highest BCUT2D eigenvalue weighted by molar-refractivity contribution is 6.31. The van der Waals surface area contributed by atoms with Gasteiger partial charge in [0, 0.05) is 16.0 Å². The molecule has 0 radical (unpaired) electrons. The molecule has 3 aromatic carbocycles. The Labute approximate surface area is 125 Å². The van der Waals surface area contributed by atoms with Crippen molar-refractivity contribution in [1.82, 2.24) is 0 Å². The van der Waals surface area contributed by atoms with E-state index in [1.54, 1.807) is 24.3 Å². The fourth-order valence-corrected chi connectivity index (χ4v) is 2.69. The van der Waals surface area contributed by atoms with Crippen LogP contribution in [0.5, 0.6) is 0 Å². The van der Waals surface area contributed by atoms with E-state index in [4.69, 9.17) is 11.6 Å². The van der Waals surface area contributed by atoms with Gasteiger partial charge in [0.15, 0.2) is 0 Å². The highest BCUT2D eigenvalue weighted by Crippen LogP contribution is 2.33. The van der Waals surface area contributed by atoms with Gasteiger partial charge in [-0.25, -0.2) is 8.78 Å². The van der Waals surface area contributed by atoms with Gasteiger partial charge in [0.25, 0.3) is 0 Å².